The number of aromatic amines is 1. The zero-order chi connectivity index (χ0) is 17.8. The summed E-state index contributed by atoms with van der Waals surface area (Å²) in [5.74, 6) is 1.89. The number of H-pyrrole nitrogens is 1. The molecule has 0 saturated carbocycles. The number of nitrogens with zero attached hydrogens (tertiary/aromatic N) is 3. The molecule has 7 heteroatoms. The van der Waals surface area contributed by atoms with Crippen LogP contribution in [0.4, 0.5) is 0 Å². The van der Waals surface area contributed by atoms with Gasteiger partial charge in [0.1, 0.15) is 11.6 Å². The molecule has 0 amide bonds. The van der Waals surface area contributed by atoms with Crippen molar-refractivity contribution in [1.82, 2.24) is 19.9 Å². The first-order valence-electron chi connectivity index (χ1n) is 9.30. The molecular weight excluding hydrogens is 406 g/mol. The second-order valence-corrected chi connectivity index (χ2v) is 6.71. The Labute approximate surface area is 169 Å². The van der Waals surface area contributed by atoms with E-state index in [4.69, 9.17) is 15.5 Å². The molecule has 1 atom stereocenters. The minimum Gasteiger partial charge on any atom is -0.492 e. The van der Waals surface area contributed by atoms with Crippen molar-refractivity contribution < 1.29 is 4.74 Å². The molecule has 1 aliphatic rings. The van der Waals surface area contributed by atoms with E-state index >= 15 is 0 Å². The summed E-state index contributed by atoms with van der Waals surface area (Å²) in [5.41, 5.74) is 8.82. The highest BCUT2D eigenvalue weighted by Gasteiger charge is 2.28. The van der Waals surface area contributed by atoms with Crippen LogP contribution in [0.3, 0.4) is 0 Å². The molecule has 0 saturated heterocycles. The number of hydrogen-bond acceptors (Lipinski definition) is 5. The molecule has 0 aliphatic carbocycles. The van der Waals surface area contributed by atoms with Gasteiger partial charge in [0.05, 0.1) is 35.9 Å². The Morgan fingerprint density at radius 1 is 1.19 bits per heavy atom. The first-order valence-corrected chi connectivity index (χ1v) is 9.30. The molecule has 0 fully saturated rings. The molecule has 0 bridgehead atoms. The van der Waals surface area contributed by atoms with Crippen LogP contribution in [-0.2, 0) is 6.54 Å². The van der Waals surface area contributed by atoms with E-state index < -0.39 is 0 Å². The number of aromatic nitrogens is 3. The normalized spacial score (nSPS) is 16.0. The van der Waals surface area contributed by atoms with Crippen molar-refractivity contribution in [3.05, 3.63) is 54.1 Å². The van der Waals surface area contributed by atoms with Crippen LogP contribution < -0.4 is 10.5 Å². The highest BCUT2D eigenvalue weighted by atomic mass is 79.9. The van der Waals surface area contributed by atoms with Gasteiger partial charge < -0.3 is 15.5 Å². The molecular formula is C20H26BrN5O. The summed E-state index contributed by atoms with van der Waals surface area (Å²) in [6.07, 6.45) is 4.87. The van der Waals surface area contributed by atoms with Crippen LogP contribution in [0.5, 0.6) is 5.75 Å². The van der Waals surface area contributed by atoms with E-state index in [2.05, 4.69) is 20.9 Å². The fourth-order valence-electron chi connectivity index (χ4n) is 3.63. The van der Waals surface area contributed by atoms with E-state index in [1.54, 1.807) is 0 Å². The Morgan fingerprint density at radius 3 is 2.93 bits per heavy atom. The van der Waals surface area contributed by atoms with Gasteiger partial charge in [-0.1, -0.05) is 12.1 Å². The fourth-order valence-corrected chi connectivity index (χ4v) is 3.63. The summed E-state index contributed by atoms with van der Waals surface area (Å²) in [5, 5.41) is 0. The highest BCUT2D eigenvalue weighted by molar-refractivity contribution is 8.93. The number of benzene rings is 1. The Hall–Kier alpha value is -1.96. The number of fused-ring (bicyclic) bond motifs is 2. The number of ether oxygens (including phenoxy) is 1. The number of para-hydroxylation sites is 2. The molecule has 3 aromatic rings. The van der Waals surface area contributed by atoms with Crippen LogP contribution in [0, 0.1) is 0 Å². The first-order chi connectivity index (χ1) is 12.8. The van der Waals surface area contributed by atoms with Crippen LogP contribution >= 0.6 is 17.0 Å². The van der Waals surface area contributed by atoms with E-state index in [-0.39, 0.29) is 23.0 Å². The van der Waals surface area contributed by atoms with Crippen molar-refractivity contribution in [3.8, 4) is 5.75 Å². The van der Waals surface area contributed by atoms with Gasteiger partial charge in [-0.15, -0.1) is 17.0 Å². The Kier molecular flexibility index (Phi) is 6.82. The molecule has 0 radical (unpaired) electrons. The average molecular weight is 432 g/mol. The SMILES string of the molecule is Br.NCCCCN(Cc1nc2ccccc2[nH]1)C1CCOc2cccnc21. The summed E-state index contributed by atoms with van der Waals surface area (Å²) in [7, 11) is 0. The number of rotatable bonds is 7. The molecule has 1 aliphatic heterocycles. The monoisotopic (exact) mass is 431 g/mol. The van der Waals surface area contributed by atoms with Crippen molar-refractivity contribution in [2.24, 2.45) is 5.73 Å². The van der Waals surface area contributed by atoms with Crippen molar-refractivity contribution >= 4 is 28.0 Å². The smallest absolute Gasteiger partial charge is 0.142 e. The summed E-state index contributed by atoms with van der Waals surface area (Å²) >= 11 is 0. The summed E-state index contributed by atoms with van der Waals surface area (Å²) < 4.78 is 5.80. The molecule has 3 N–H and O–H groups in total. The minimum absolute atomic E-state index is 0. The number of pyridine rings is 1. The predicted molar refractivity (Wildman–Crippen MR) is 112 cm³/mol. The van der Waals surface area contributed by atoms with Crippen molar-refractivity contribution in [1.29, 1.82) is 0 Å². The molecule has 144 valence electrons. The Morgan fingerprint density at radius 2 is 2.07 bits per heavy atom. The maximum atomic E-state index is 5.80. The van der Waals surface area contributed by atoms with Gasteiger partial charge in [-0.05, 0) is 50.2 Å². The Bertz CT molecular complexity index is 835. The van der Waals surface area contributed by atoms with Crippen LogP contribution in [0.2, 0.25) is 0 Å². The lowest BCUT2D eigenvalue weighted by Gasteiger charge is -2.34. The van der Waals surface area contributed by atoms with Crippen LogP contribution in [0.1, 0.15) is 36.8 Å². The van der Waals surface area contributed by atoms with E-state index in [0.717, 1.165) is 73.8 Å². The lowest BCUT2D eigenvalue weighted by Crippen LogP contribution is -2.34. The standard InChI is InChI=1S/C20H25N5O.BrH/c21-10-3-4-12-25(14-19-23-15-6-1-2-7-16(15)24-19)17-9-13-26-18-8-5-11-22-20(17)18;/h1-2,5-8,11,17H,3-4,9-10,12-14,21H2,(H,23,24);1H. The van der Waals surface area contributed by atoms with Gasteiger partial charge in [-0.3, -0.25) is 9.88 Å². The van der Waals surface area contributed by atoms with Crippen molar-refractivity contribution in [2.45, 2.75) is 31.8 Å². The van der Waals surface area contributed by atoms with Gasteiger partial charge in [0.15, 0.2) is 0 Å². The number of nitrogens with two attached hydrogens (primary N) is 1. The Balaban J connectivity index is 0.00000210. The van der Waals surface area contributed by atoms with Crippen molar-refractivity contribution in [2.75, 3.05) is 19.7 Å². The second-order valence-electron chi connectivity index (χ2n) is 6.71. The first kappa shape index (κ1) is 19.8. The van der Waals surface area contributed by atoms with E-state index in [1.807, 2.05) is 36.5 Å². The van der Waals surface area contributed by atoms with Gasteiger partial charge in [0.25, 0.3) is 0 Å². The quantitative estimate of drug-likeness (QED) is 0.558. The summed E-state index contributed by atoms with van der Waals surface area (Å²) in [6, 6.07) is 12.3. The molecule has 1 aromatic carbocycles. The lowest BCUT2D eigenvalue weighted by molar-refractivity contribution is 0.124. The van der Waals surface area contributed by atoms with E-state index in [1.165, 1.54) is 0 Å². The van der Waals surface area contributed by atoms with Gasteiger partial charge >= 0.3 is 0 Å². The van der Waals surface area contributed by atoms with Crippen LogP contribution in [0.15, 0.2) is 42.6 Å². The molecule has 1 unspecified atom stereocenters. The van der Waals surface area contributed by atoms with E-state index in [0.29, 0.717) is 0 Å². The lowest BCUT2D eigenvalue weighted by atomic mass is 10.0. The third kappa shape index (κ3) is 4.48. The van der Waals surface area contributed by atoms with Crippen molar-refractivity contribution in [3.63, 3.8) is 0 Å². The zero-order valence-corrected chi connectivity index (χ0v) is 17.0. The molecule has 0 spiro atoms. The summed E-state index contributed by atoms with van der Waals surface area (Å²) in [4.78, 5) is 15.3. The second kappa shape index (κ2) is 9.30. The third-order valence-corrected chi connectivity index (χ3v) is 4.90. The maximum absolute atomic E-state index is 5.80. The molecule has 2 aromatic heterocycles. The van der Waals surface area contributed by atoms with Gasteiger partial charge in [-0.2, -0.15) is 0 Å². The van der Waals surface area contributed by atoms with Gasteiger partial charge in [-0.25, -0.2) is 4.98 Å². The number of halogens is 1. The third-order valence-electron chi connectivity index (χ3n) is 4.90. The average Bonchev–Trinajstić information content (AvgIpc) is 3.09. The number of hydrogen-bond donors (Lipinski definition) is 2. The largest absolute Gasteiger partial charge is 0.492 e. The van der Waals surface area contributed by atoms with Crippen LogP contribution in [-0.4, -0.2) is 39.5 Å². The van der Waals surface area contributed by atoms with E-state index in [9.17, 15) is 0 Å². The fraction of sp³-hybridized carbons (Fsp3) is 0.400. The zero-order valence-electron chi connectivity index (χ0n) is 15.3. The topological polar surface area (TPSA) is 80.1 Å². The number of nitrogens with one attached hydrogen (secondary N) is 1. The predicted octanol–water partition coefficient (Wildman–Crippen LogP) is 3.60. The minimum atomic E-state index is 0. The van der Waals surface area contributed by atoms with Gasteiger partial charge in [0, 0.05) is 12.6 Å². The number of unbranched alkanes of at least 4 members (excludes halogenated alkanes) is 1. The summed E-state index contributed by atoms with van der Waals surface area (Å²) in [6.45, 7) is 3.17. The molecule has 3 heterocycles. The number of imidazole rings is 1. The molecule has 6 nitrogen and oxygen atoms in total. The van der Waals surface area contributed by atoms with Gasteiger partial charge in [0.2, 0.25) is 0 Å². The highest BCUT2D eigenvalue weighted by Crippen LogP contribution is 2.35. The maximum Gasteiger partial charge on any atom is 0.142 e. The molecule has 27 heavy (non-hydrogen) atoms. The molecule has 4 rings (SSSR count). The van der Waals surface area contributed by atoms with Crippen LogP contribution in [0.25, 0.3) is 11.0 Å².